The van der Waals surface area contributed by atoms with Crippen LogP contribution in [0.2, 0.25) is 72.5 Å². The van der Waals surface area contributed by atoms with Gasteiger partial charge >= 0.3 is 6.09 Å². The summed E-state index contributed by atoms with van der Waals surface area (Å²) in [6, 6.07) is 39.2. The summed E-state index contributed by atoms with van der Waals surface area (Å²) in [4.78, 5) is 26.9. The van der Waals surface area contributed by atoms with E-state index in [1.165, 1.54) is 110 Å². The molecular weight excluding hydrogens is 1180 g/mol. The normalized spacial score (nSPS) is 12.8. The summed E-state index contributed by atoms with van der Waals surface area (Å²) in [5.41, 5.74) is 9.23. The molecule has 90 heavy (non-hydrogen) atoms. The highest BCUT2D eigenvalue weighted by molar-refractivity contribution is 6.93. The maximum absolute atomic E-state index is 14.4. The van der Waals surface area contributed by atoms with Crippen molar-refractivity contribution in [1.29, 1.82) is 0 Å². The number of nitrogens with one attached hydrogen (secondary N) is 5. The zero-order valence-corrected chi connectivity index (χ0v) is 64.1. The molecule has 0 bridgehead atoms. The zero-order chi connectivity index (χ0) is 67.1. The topological polar surface area (TPSA) is 101 Å². The van der Waals surface area contributed by atoms with Gasteiger partial charge in [0.05, 0.1) is 0 Å². The number of rotatable bonds is 25. The van der Waals surface area contributed by atoms with Gasteiger partial charge in [-0.2, -0.15) is 0 Å². The van der Waals surface area contributed by atoms with Gasteiger partial charge in [-0.25, -0.2) is 18.0 Å². The summed E-state index contributed by atoms with van der Waals surface area (Å²) >= 11 is 0. The number of H-pyrrole nitrogens is 4. The third-order valence-corrected chi connectivity index (χ3v) is 43.0. The molecule has 8 rings (SSSR count). The number of carbonyl (C=O) groups is 1. The minimum Gasteiger partial charge on any atom is -0.444 e. The van der Waals surface area contributed by atoms with E-state index in [2.05, 4.69) is 174 Å². The van der Waals surface area contributed by atoms with Gasteiger partial charge in [0, 0.05) is 70.9 Å². The molecule has 5 N–H and O–H groups in total. The van der Waals surface area contributed by atoms with Crippen molar-refractivity contribution >= 4 is 103 Å². The van der Waals surface area contributed by atoms with Gasteiger partial charge in [0.25, 0.3) is 0 Å². The van der Waals surface area contributed by atoms with E-state index in [0.29, 0.717) is 24.2 Å². The lowest BCUT2D eigenvalue weighted by molar-refractivity contribution is 0.0508. The number of hydrogen-bond donors (Lipinski definition) is 5. The largest absolute Gasteiger partial charge is 0.444 e. The Kier molecular flexibility index (Phi) is 27.9. The molecule has 8 aromatic rings. The van der Waals surface area contributed by atoms with Crippen LogP contribution in [0.1, 0.15) is 175 Å². The predicted molar refractivity (Wildman–Crippen MR) is 399 cm³/mol. The maximum atomic E-state index is 14.4. The number of aromatic nitrogens is 4. The molecule has 498 valence electrons. The second-order valence-corrected chi connectivity index (χ2v) is 49.1. The highest BCUT2D eigenvalue weighted by atomic mass is 28.3. The van der Waals surface area contributed by atoms with E-state index in [-0.39, 0.29) is 23.5 Å². The molecule has 4 heterocycles. The molecular formula is C76H120F3N5O2Si4. The first-order valence-corrected chi connectivity index (χ1v) is 45.6. The van der Waals surface area contributed by atoms with Crippen molar-refractivity contribution in [2.75, 3.05) is 0 Å². The average molecular weight is 1310 g/mol. The lowest BCUT2D eigenvalue weighted by Crippen LogP contribution is -2.49. The van der Waals surface area contributed by atoms with Gasteiger partial charge in [-0.3, -0.25) is 0 Å². The summed E-state index contributed by atoms with van der Waals surface area (Å²) in [6.45, 7) is 49.0. The van der Waals surface area contributed by atoms with E-state index in [1.807, 2.05) is 52.0 Å². The third-order valence-electron chi connectivity index (χ3n) is 20.8. The highest BCUT2D eigenvalue weighted by Gasteiger charge is 2.38. The Balaban J connectivity index is 0.000000220. The molecule has 0 saturated heterocycles. The van der Waals surface area contributed by atoms with E-state index >= 15 is 0 Å². The Bertz CT molecular complexity index is 3500. The SMILES string of the molecule is CC[Si](CC)(CC)c1[nH]c2cc(F)ccc2c1C[C@@H](C)NC(=O)OC(C)(C)C.CC[Si](CC)(CC)c1[nH]c2ccc(F)cc2c1CC(C)C.CC[Si](CC)(CC)c1[nH]c2cccc(F)c2c1CC(C)C.CC[Si](CC)(CC)c1[nH]c2ccccc2c1CC(C)C. The molecule has 0 unspecified atom stereocenters. The standard InChI is InChI=1S/C22H35FN2O2Si.2C18H28FNSi.C18H29NSi/c1-8-28(9-2,10-3)20-18(17-12-11-16(23)14-19(17)25-20)13-15(4)24-21(26)27-22(5,6)7;1-6-21(7-2,8-3)18-16(11-13(4)5)15-12-14(19)9-10-17(15)20-18;1-6-21(7-2,8-3)18-14(12-13(4)5)17-15(19)10-9-11-16(17)20-18;1-6-20(7-2,8-3)18-16(13-14(4)5)15-11-9-10-12-17(15)19-18/h11-12,14-15,25H,8-10,13H2,1-7H3,(H,24,26);9-10,12-13,20H,6-8,11H2,1-5H3;9-11,13,20H,6-8,12H2,1-5H3;9-12,14,19H,6-8,13H2,1-5H3/t15-;;;/m1.../s1. The molecule has 14 heteroatoms. The molecule has 0 radical (unpaired) electrons. The summed E-state index contributed by atoms with van der Waals surface area (Å²) in [6.07, 6.45) is 3.49. The van der Waals surface area contributed by atoms with Gasteiger partial charge in [0.15, 0.2) is 0 Å². The molecule has 0 aliphatic rings. The average Bonchev–Trinajstić information content (AvgIpc) is 1.64. The van der Waals surface area contributed by atoms with Crippen molar-refractivity contribution in [3.05, 3.63) is 119 Å². The highest BCUT2D eigenvalue weighted by Crippen LogP contribution is 2.33. The molecule has 0 aliphatic heterocycles. The monoisotopic (exact) mass is 1300 g/mol. The van der Waals surface area contributed by atoms with Crippen molar-refractivity contribution in [3.63, 3.8) is 0 Å². The van der Waals surface area contributed by atoms with E-state index in [9.17, 15) is 18.0 Å². The third kappa shape index (κ3) is 17.4. The van der Waals surface area contributed by atoms with Crippen LogP contribution in [0.25, 0.3) is 43.6 Å². The number of ether oxygens (including phenoxy) is 1. The van der Waals surface area contributed by atoms with Gasteiger partial charge in [-0.15, -0.1) is 0 Å². The second kappa shape index (κ2) is 33.2. The number of alkyl carbamates (subject to hydrolysis) is 1. The smallest absolute Gasteiger partial charge is 0.407 e. The Morgan fingerprint density at radius 2 is 0.778 bits per heavy atom. The molecule has 1 atom stereocenters. The van der Waals surface area contributed by atoms with Gasteiger partial charge in [0.1, 0.15) is 55.3 Å². The van der Waals surface area contributed by atoms with Crippen LogP contribution in [0, 0.1) is 35.2 Å². The molecule has 4 aromatic carbocycles. The van der Waals surface area contributed by atoms with E-state index in [4.69, 9.17) is 4.74 Å². The van der Waals surface area contributed by atoms with Crippen molar-refractivity contribution in [3.8, 4) is 0 Å². The zero-order valence-electron chi connectivity index (χ0n) is 60.1. The lowest BCUT2D eigenvalue weighted by Gasteiger charge is -2.29. The minimum atomic E-state index is -1.71. The van der Waals surface area contributed by atoms with Crippen molar-refractivity contribution in [2.24, 2.45) is 17.8 Å². The van der Waals surface area contributed by atoms with Crippen LogP contribution in [-0.4, -0.2) is 70.0 Å². The van der Waals surface area contributed by atoms with Crippen LogP contribution in [-0.2, 0) is 30.4 Å². The van der Waals surface area contributed by atoms with E-state index in [1.54, 1.807) is 35.1 Å². The Morgan fingerprint density at radius 1 is 0.422 bits per heavy atom. The summed E-state index contributed by atoms with van der Waals surface area (Å²) in [5, 5.41) is 13.2. The molecule has 0 saturated carbocycles. The fourth-order valence-corrected chi connectivity index (χ4v) is 30.1. The van der Waals surface area contributed by atoms with Crippen LogP contribution < -0.4 is 26.6 Å². The van der Waals surface area contributed by atoms with Gasteiger partial charge in [0.2, 0.25) is 0 Å². The van der Waals surface area contributed by atoms with Crippen LogP contribution in [0.3, 0.4) is 0 Å². The Hall–Kier alpha value is -5.03. The molecule has 0 fully saturated rings. The number of carbonyl (C=O) groups excluding carboxylic acids is 1. The summed E-state index contributed by atoms with van der Waals surface area (Å²) in [7, 11) is -6.07. The number of aromatic amines is 4. The van der Waals surface area contributed by atoms with Gasteiger partial charge < -0.3 is 30.0 Å². The fourth-order valence-electron chi connectivity index (χ4n) is 14.8. The summed E-state index contributed by atoms with van der Waals surface area (Å²) in [5.74, 6) is 1.41. The molecule has 4 aromatic heterocycles. The number of halogens is 3. The Labute approximate surface area is 546 Å². The van der Waals surface area contributed by atoms with Gasteiger partial charge in [-0.05, 0) is 148 Å². The first-order valence-electron chi connectivity index (χ1n) is 35.1. The van der Waals surface area contributed by atoms with Crippen molar-refractivity contribution < 1.29 is 22.7 Å². The van der Waals surface area contributed by atoms with Crippen LogP contribution in [0.5, 0.6) is 0 Å². The second-order valence-electron chi connectivity index (χ2n) is 28.4. The maximum Gasteiger partial charge on any atom is 0.407 e. The van der Waals surface area contributed by atoms with Crippen LogP contribution in [0.15, 0.2) is 78.9 Å². The van der Waals surface area contributed by atoms with Gasteiger partial charge in [-0.1, -0.05) is 221 Å². The van der Waals surface area contributed by atoms with Crippen molar-refractivity contribution in [1.82, 2.24) is 25.3 Å². The van der Waals surface area contributed by atoms with E-state index < -0.39 is 44.0 Å². The number of para-hydroxylation sites is 1. The molecule has 0 spiro atoms. The fraction of sp³-hybridized carbons (Fsp3) is 0.566. The molecule has 0 aliphatic carbocycles. The van der Waals surface area contributed by atoms with Crippen LogP contribution >= 0.6 is 0 Å². The first kappa shape index (κ1) is 75.7. The Morgan fingerprint density at radius 3 is 1.23 bits per heavy atom. The number of fused-ring (bicyclic) bond motifs is 4. The van der Waals surface area contributed by atoms with Crippen LogP contribution in [0.4, 0.5) is 18.0 Å². The van der Waals surface area contributed by atoms with Crippen molar-refractivity contribution in [2.45, 2.75) is 262 Å². The minimum absolute atomic E-state index is 0.0724. The number of hydrogen-bond acceptors (Lipinski definition) is 2. The first-order chi connectivity index (χ1) is 42.6. The summed E-state index contributed by atoms with van der Waals surface area (Å²) < 4.78 is 47.3. The number of benzene rings is 4. The lowest BCUT2D eigenvalue weighted by atomic mass is 10.0. The predicted octanol–water partition coefficient (Wildman–Crippen LogP) is 21.0. The molecule has 1 amide bonds. The number of amides is 1. The quantitative estimate of drug-likeness (QED) is 0.0368. The molecule has 7 nitrogen and oxygen atoms in total. The van der Waals surface area contributed by atoms with E-state index in [0.717, 1.165) is 63.7 Å².